The number of nitrogens with one attached hydrogen (secondary N) is 1. The number of hydrogen-bond donors (Lipinski definition) is 1. The van der Waals surface area contributed by atoms with Gasteiger partial charge >= 0.3 is 0 Å². The fourth-order valence-corrected chi connectivity index (χ4v) is 3.78. The third-order valence-corrected chi connectivity index (χ3v) is 5.50. The zero-order chi connectivity index (χ0) is 22.1. The first kappa shape index (κ1) is 19.7. The van der Waals surface area contributed by atoms with Gasteiger partial charge in [-0.05, 0) is 54.1 Å². The van der Waals surface area contributed by atoms with Crippen molar-refractivity contribution in [3.63, 3.8) is 0 Å². The average Bonchev–Trinajstić information content (AvgIpc) is 3.50. The third kappa shape index (κ3) is 3.78. The smallest absolute Gasteiger partial charge is 0.291 e. The Balaban J connectivity index is 1.39. The van der Waals surface area contributed by atoms with Crippen LogP contribution in [0.1, 0.15) is 27.2 Å². The topological polar surface area (TPSA) is 91.3 Å². The monoisotopic (exact) mass is 438 g/mol. The number of amides is 1. The summed E-state index contributed by atoms with van der Waals surface area (Å²) in [5.41, 5.74) is 5.65. The van der Waals surface area contributed by atoms with E-state index in [1.165, 1.54) is 6.26 Å². The number of halogens is 1. The molecule has 0 aliphatic carbocycles. The predicted molar refractivity (Wildman–Crippen MR) is 122 cm³/mol. The van der Waals surface area contributed by atoms with Gasteiger partial charge in [0.1, 0.15) is 0 Å². The van der Waals surface area contributed by atoms with Crippen LogP contribution in [0.3, 0.4) is 0 Å². The summed E-state index contributed by atoms with van der Waals surface area (Å²) in [6.45, 7) is 0. The number of rotatable bonds is 4. The van der Waals surface area contributed by atoms with Crippen LogP contribution >= 0.6 is 11.6 Å². The highest BCUT2D eigenvalue weighted by Gasteiger charge is 2.21. The number of nitriles is 1. The summed E-state index contributed by atoms with van der Waals surface area (Å²) in [5, 5.41) is 12.3. The Kier molecular flexibility index (Phi) is 5.02. The number of furan rings is 1. The minimum Gasteiger partial charge on any atom is -0.459 e. The molecule has 2 aromatic heterocycles. The fraction of sp³-hybridized carbons (Fsp3) is 0.0400. The summed E-state index contributed by atoms with van der Waals surface area (Å²) in [4.78, 5) is 21.5. The van der Waals surface area contributed by atoms with Crippen LogP contribution in [0, 0.1) is 11.3 Å². The number of benzene rings is 2. The molecule has 7 heteroatoms. The summed E-state index contributed by atoms with van der Waals surface area (Å²) < 4.78 is 5.14. The molecule has 0 fully saturated rings. The van der Waals surface area contributed by atoms with Gasteiger partial charge in [0, 0.05) is 40.0 Å². The van der Waals surface area contributed by atoms with Crippen molar-refractivity contribution in [1.82, 2.24) is 4.98 Å². The van der Waals surface area contributed by atoms with Crippen molar-refractivity contribution in [3.8, 4) is 17.2 Å². The lowest BCUT2D eigenvalue weighted by atomic mass is 10.0. The molecule has 0 spiro atoms. The zero-order valence-corrected chi connectivity index (χ0v) is 17.4. The van der Waals surface area contributed by atoms with E-state index in [2.05, 4.69) is 27.4 Å². The number of carbonyl (C=O) groups is 1. The van der Waals surface area contributed by atoms with E-state index in [9.17, 15) is 4.79 Å². The maximum atomic E-state index is 12.3. The molecule has 3 heterocycles. The molecule has 0 saturated heterocycles. The largest absolute Gasteiger partial charge is 0.459 e. The number of aromatic nitrogens is 1. The quantitative estimate of drug-likeness (QED) is 0.436. The molecule has 0 atom stereocenters. The van der Waals surface area contributed by atoms with E-state index < -0.39 is 0 Å². The number of aliphatic imine (C=N–C) groups is 1. The van der Waals surface area contributed by atoms with Crippen LogP contribution in [-0.4, -0.2) is 16.6 Å². The van der Waals surface area contributed by atoms with Crippen LogP contribution in [0.2, 0.25) is 5.02 Å². The van der Waals surface area contributed by atoms with Gasteiger partial charge < -0.3 is 9.73 Å². The molecule has 0 radical (unpaired) electrons. The van der Waals surface area contributed by atoms with E-state index in [4.69, 9.17) is 21.3 Å². The second-order valence-corrected chi connectivity index (χ2v) is 7.66. The number of fused-ring (bicyclic) bond motifs is 1. The van der Waals surface area contributed by atoms with Crippen LogP contribution in [0.5, 0.6) is 0 Å². The third-order valence-electron chi connectivity index (χ3n) is 5.17. The molecule has 0 saturated carbocycles. The first-order valence-electron chi connectivity index (χ1n) is 9.82. The Morgan fingerprint density at radius 3 is 2.69 bits per heavy atom. The normalized spacial score (nSPS) is 12.1. The van der Waals surface area contributed by atoms with Crippen LogP contribution < -0.4 is 5.32 Å². The average molecular weight is 439 g/mol. The SMILES string of the molecule is N#Cc1ccc(-c2cnc3c(c2)CC(c2cc(NC(=O)c4ccco4)ccc2Cl)=N3)cc1. The maximum Gasteiger partial charge on any atom is 0.291 e. The second-order valence-electron chi connectivity index (χ2n) is 7.26. The highest BCUT2D eigenvalue weighted by Crippen LogP contribution is 2.33. The maximum absolute atomic E-state index is 12.3. The fourth-order valence-electron chi connectivity index (χ4n) is 3.56. The van der Waals surface area contributed by atoms with Gasteiger partial charge in [-0.3, -0.25) is 4.79 Å². The molecule has 2 aromatic carbocycles. The lowest BCUT2D eigenvalue weighted by Crippen LogP contribution is -2.11. The van der Waals surface area contributed by atoms with E-state index in [1.54, 1.807) is 48.7 Å². The molecular formula is C25H15ClN4O2. The van der Waals surface area contributed by atoms with Gasteiger partial charge in [0.25, 0.3) is 5.91 Å². The van der Waals surface area contributed by atoms with E-state index in [1.807, 2.05) is 12.1 Å². The highest BCUT2D eigenvalue weighted by molar-refractivity contribution is 6.34. The Morgan fingerprint density at radius 2 is 1.94 bits per heavy atom. The highest BCUT2D eigenvalue weighted by atomic mass is 35.5. The molecule has 0 unspecified atom stereocenters. The Bertz CT molecular complexity index is 1400. The molecule has 6 nitrogen and oxygen atoms in total. The van der Waals surface area contributed by atoms with Gasteiger partial charge in [0.05, 0.1) is 23.6 Å². The van der Waals surface area contributed by atoms with Crippen LogP contribution in [0.25, 0.3) is 11.1 Å². The van der Waals surface area contributed by atoms with Crippen molar-refractivity contribution in [2.75, 3.05) is 5.32 Å². The van der Waals surface area contributed by atoms with Gasteiger partial charge in [0.2, 0.25) is 0 Å². The molecule has 0 bridgehead atoms. The molecule has 5 rings (SSSR count). The molecule has 1 aliphatic heterocycles. The standard InChI is InChI=1S/C25H15ClN4O2/c26-21-8-7-19(29-25(31)23-2-1-9-32-23)12-20(21)22-11-17-10-18(14-28-24(17)30-22)16-5-3-15(13-27)4-6-16/h1-10,12,14H,11H2,(H,29,31). The number of nitrogens with zero attached hydrogens (tertiary/aromatic N) is 3. The number of hydrogen-bond acceptors (Lipinski definition) is 5. The second kappa shape index (κ2) is 8.14. The first-order chi connectivity index (χ1) is 15.6. The van der Waals surface area contributed by atoms with E-state index >= 15 is 0 Å². The van der Waals surface area contributed by atoms with Gasteiger partial charge in [-0.1, -0.05) is 23.7 Å². The molecule has 32 heavy (non-hydrogen) atoms. The van der Waals surface area contributed by atoms with E-state index in [0.29, 0.717) is 28.5 Å². The van der Waals surface area contributed by atoms with Crippen molar-refractivity contribution in [3.05, 3.63) is 101 Å². The van der Waals surface area contributed by atoms with Crippen LogP contribution in [-0.2, 0) is 6.42 Å². The molecule has 1 N–H and O–H groups in total. The summed E-state index contributed by atoms with van der Waals surface area (Å²) in [6, 6.07) is 20.1. The van der Waals surface area contributed by atoms with Gasteiger partial charge in [-0.2, -0.15) is 5.26 Å². The number of anilines is 1. The summed E-state index contributed by atoms with van der Waals surface area (Å²) >= 11 is 6.45. The predicted octanol–water partition coefficient (Wildman–Crippen LogP) is 5.80. The minimum atomic E-state index is -0.339. The molecular weight excluding hydrogens is 424 g/mol. The van der Waals surface area contributed by atoms with Crippen molar-refractivity contribution >= 4 is 34.7 Å². The van der Waals surface area contributed by atoms with Gasteiger partial charge in [0.15, 0.2) is 11.6 Å². The molecule has 1 amide bonds. The zero-order valence-electron chi connectivity index (χ0n) is 16.7. The molecule has 1 aliphatic rings. The lowest BCUT2D eigenvalue weighted by molar-refractivity contribution is 0.0996. The number of pyridine rings is 1. The summed E-state index contributed by atoms with van der Waals surface area (Å²) in [6.07, 6.45) is 3.79. The van der Waals surface area contributed by atoms with Crippen molar-refractivity contribution < 1.29 is 9.21 Å². The molecule has 154 valence electrons. The Hall–Kier alpha value is -4.21. The van der Waals surface area contributed by atoms with Crippen molar-refractivity contribution in [1.29, 1.82) is 5.26 Å². The Labute approximate surface area is 188 Å². The van der Waals surface area contributed by atoms with E-state index in [0.717, 1.165) is 28.0 Å². The van der Waals surface area contributed by atoms with E-state index in [-0.39, 0.29) is 11.7 Å². The van der Waals surface area contributed by atoms with Gasteiger partial charge in [-0.15, -0.1) is 0 Å². The summed E-state index contributed by atoms with van der Waals surface area (Å²) in [7, 11) is 0. The first-order valence-corrected chi connectivity index (χ1v) is 10.2. The summed E-state index contributed by atoms with van der Waals surface area (Å²) in [5.74, 6) is 0.541. The Morgan fingerprint density at radius 1 is 1.09 bits per heavy atom. The van der Waals surface area contributed by atoms with Crippen LogP contribution in [0.4, 0.5) is 11.5 Å². The lowest BCUT2D eigenvalue weighted by Gasteiger charge is -2.08. The van der Waals surface area contributed by atoms with Gasteiger partial charge in [-0.25, -0.2) is 9.98 Å². The van der Waals surface area contributed by atoms with Crippen molar-refractivity contribution in [2.24, 2.45) is 4.99 Å². The van der Waals surface area contributed by atoms with Crippen molar-refractivity contribution in [2.45, 2.75) is 6.42 Å². The number of carbonyl (C=O) groups excluding carboxylic acids is 1. The minimum absolute atomic E-state index is 0.228. The molecule has 4 aromatic rings. The van der Waals surface area contributed by atoms with Crippen LogP contribution in [0.15, 0.2) is 82.5 Å².